The molecule has 0 bridgehead atoms. The van der Waals surface area contributed by atoms with Gasteiger partial charge in [0.2, 0.25) is 0 Å². The Morgan fingerprint density at radius 2 is 2.00 bits per heavy atom. The average Bonchev–Trinajstić information content (AvgIpc) is 2.87. The third kappa shape index (κ3) is 6.19. The second kappa shape index (κ2) is 9.80. The van der Waals surface area contributed by atoms with E-state index >= 15 is 0 Å². The topological polar surface area (TPSA) is 21.3 Å². The van der Waals surface area contributed by atoms with E-state index in [9.17, 15) is 0 Å². The summed E-state index contributed by atoms with van der Waals surface area (Å²) >= 11 is 0. The van der Waals surface area contributed by atoms with E-state index < -0.39 is 0 Å². The van der Waals surface area contributed by atoms with Gasteiger partial charge in [-0.2, -0.15) is 0 Å². The van der Waals surface area contributed by atoms with Crippen molar-refractivity contribution in [1.82, 2.24) is 5.32 Å². The van der Waals surface area contributed by atoms with Crippen LogP contribution < -0.4 is 5.32 Å². The summed E-state index contributed by atoms with van der Waals surface area (Å²) < 4.78 is 5.11. The Morgan fingerprint density at radius 3 is 2.61 bits per heavy atom. The molecule has 1 N–H and O–H groups in total. The van der Waals surface area contributed by atoms with Crippen LogP contribution in [0, 0.1) is 17.8 Å². The van der Waals surface area contributed by atoms with Crippen LogP contribution in [0.1, 0.15) is 58.8 Å². The molecule has 1 aliphatic carbocycles. The monoisotopic (exact) mass is 255 g/mol. The molecule has 2 atom stereocenters. The first-order chi connectivity index (χ1) is 8.77. The predicted molar refractivity (Wildman–Crippen MR) is 78.9 cm³/mol. The summed E-state index contributed by atoms with van der Waals surface area (Å²) in [4.78, 5) is 0. The summed E-state index contributed by atoms with van der Waals surface area (Å²) in [7, 11) is 1.78. The molecule has 108 valence electrons. The van der Waals surface area contributed by atoms with Gasteiger partial charge in [-0.05, 0) is 30.7 Å². The van der Waals surface area contributed by atoms with E-state index in [4.69, 9.17) is 4.74 Å². The van der Waals surface area contributed by atoms with Crippen LogP contribution in [-0.2, 0) is 4.74 Å². The zero-order valence-corrected chi connectivity index (χ0v) is 12.7. The van der Waals surface area contributed by atoms with Crippen molar-refractivity contribution < 1.29 is 4.74 Å². The molecule has 18 heavy (non-hydrogen) atoms. The van der Waals surface area contributed by atoms with Gasteiger partial charge in [0.15, 0.2) is 0 Å². The average molecular weight is 255 g/mol. The molecule has 0 saturated heterocycles. The van der Waals surface area contributed by atoms with E-state index in [1.807, 2.05) is 0 Å². The number of hydrogen-bond acceptors (Lipinski definition) is 2. The van der Waals surface area contributed by atoms with Crippen LogP contribution in [0.4, 0.5) is 0 Å². The molecule has 2 heteroatoms. The van der Waals surface area contributed by atoms with Crippen molar-refractivity contribution in [2.75, 3.05) is 26.8 Å². The smallest absolute Gasteiger partial charge is 0.0587 e. The fourth-order valence-corrected chi connectivity index (χ4v) is 3.46. The highest BCUT2D eigenvalue weighted by molar-refractivity contribution is 4.78. The fraction of sp³-hybridized carbons (Fsp3) is 1.00. The molecule has 1 fully saturated rings. The second-order valence-electron chi connectivity index (χ2n) is 6.13. The van der Waals surface area contributed by atoms with Crippen LogP contribution in [0.5, 0.6) is 0 Å². The van der Waals surface area contributed by atoms with Gasteiger partial charge < -0.3 is 10.1 Å². The molecule has 1 aliphatic rings. The maximum absolute atomic E-state index is 5.11. The van der Waals surface area contributed by atoms with Crippen molar-refractivity contribution in [1.29, 1.82) is 0 Å². The van der Waals surface area contributed by atoms with E-state index in [0.717, 1.165) is 30.9 Å². The zero-order chi connectivity index (χ0) is 13.2. The molecular formula is C16H33NO. The minimum Gasteiger partial charge on any atom is -0.383 e. The highest BCUT2D eigenvalue weighted by Gasteiger charge is 2.25. The molecule has 1 rings (SSSR count). The predicted octanol–water partition coefficient (Wildman–Crippen LogP) is 3.86. The zero-order valence-electron chi connectivity index (χ0n) is 12.7. The molecule has 0 aliphatic heterocycles. The maximum atomic E-state index is 5.11. The van der Waals surface area contributed by atoms with Gasteiger partial charge in [-0.25, -0.2) is 0 Å². The van der Waals surface area contributed by atoms with Crippen LogP contribution in [0.25, 0.3) is 0 Å². The Hall–Kier alpha value is -0.0800. The summed E-state index contributed by atoms with van der Waals surface area (Å²) in [6, 6.07) is 0. The van der Waals surface area contributed by atoms with E-state index in [0.29, 0.717) is 0 Å². The van der Waals surface area contributed by atoms with E-state index in [2.05, 4.69) is 19.2 Å². The number of rotatable bonds is 10. The molecule has 2 nitrogen and oxygen atoms in total. The Balaban J connectivity index is 2.31. The first-order valence-corrected chi connectivity index (χ1v) is 7.97. The summed E-state index contributed by atoms with van der Waals surface area (Å²) in [5.41, 5.74) is 0. The summed E-state index contributed by atoms with van der Waals surface area (Å²) in [6.07, 6.45) is 9.99. The maximum Gasteiger partial charge on any atom is 0.0587 e. The van der Waals surface area contributed by atoms with Gasteiger partial charge in [0, 0.05) is 13.7 Å². The third-order valence-electron chi connectivity index (χ3n) is 4.44. The lowest BCUT2D eigenvalue weighted by atomic mass is 9.82. The van der Waals surface area contributed by atoms with E-state index in [-0.39, 0.29) is 0 Å². The minimum absolute atomic E-state index is 0.835. The van der Waals surface area contributed by atoms with Crippen LogP contribution >= 0.6 is 0 Å². The fourth-order valence-electron chi connectivity index (χ4n) is 3.46. The lowest BCUT2D eigenvalue weighted by molar-refractivity contribution is 0.191. The first kappa shape index (κ1) is 16.0. The van der Waals surface area contributed by atoms with Crippen LogP contribution in [0.15, 0.2) is 0 Å². The Labute approximate surface area is 114 Å². The largest absolute Gasteiger partial charge is 0.383 e. The summed E-state index contributed by atoms with van der Waals surface area (Å²) in [6.45, 7) is 7.77. The minimum atomic E-state index is 0.835. The number of methoxy groups -OCH3 is 1. The normalized spacial score (nSPS) is 20.2. The molecule has 0 amide bonds. The molecule has 2 unspecified atom stereocenters. The molecule has 0 aromatic carbocycles. The highest BCUT2D eigenvalue weighted by Crippen LogP contribution is 2.35. The standard InChI is InChI=1S/C16H33NO/c1-4-7-14(2)12-16(13-17-10-11-18-3)15-8-5-6-9-15/h14-17H,4-13H2,1-3H3. The summed E-state index contributed by atoms with van der Waals surface area (Å²) in [5, 5.41) is 3.59. The van der Waals surface area contributed by atoms with Crippen molar-refractivity contribution >= 4 is 0 Å². The lowest BCUT2D eigenvalue weighted by Gasteiger charge is -2.26. The number of ether oxygens (including phenoxy) is 1. The third-order valence-corrected chi connectivity index (χ3v) is 4.44. The van der Waals surface area contributed by atoms with Crippen molar-refractivity contribution in [3.63, 3.8) is 0 Å². The number of hydrogen-bond donors (Lipinski definition) is 1. The molecule has 0 aromatic rings. The molecule has 1 saturated carbocycles. The Morgan fingerprint density at radius 1 is 1.28 bits per heavy atom. The molecule has 0 spiro atoms. The van der Waals surface area contributed by atoms with Gasteiger partial charge in [-0.3, -0.25) is 0 Å². The highest BCUT2D eigenvalue weighted by atomic mass is 16.5. The van der Waals surface area contributed by atoms with Crippen LogP contribution in [0.3, 0.4) is 0 Å². The van der Waals surface area contributed by atoms with Crippen LogP contribution in [0.2, 0.25) is 0 Å². The van der Waals surface area contributed by atoms with Gasteiger partial charge in [0.1, 0.15) is 0 Å². The van der Waals surface area contributed by atoms with Crippen LogP contribution in [-0.4, -0.2) is 26.8 Å². The SMILES string of the molecule is CCCC(C)CC(CNCCOC)C1CCCC1. The molecule has 0 heterocycles. The van der Waals surface area contributed by atoms with Crippen molar-refractivity contribution in [3.8, 4) is 0 Å². The van der Waals surface area contributed by atoms with Crippen molar-refractivity contribution in [2.24, 2.45) is 17.8 Å². The van der Waals surface area contributed by atoms with Gasteiger partial charge in [-0.1, -0.05) is 52.4 Å². The quantitative estimate of drug-likeness (QED) is 0.599. The van der Waals surface area contributed by atoms with Gasteiger partial charge >= 0.3 is 0 Å². The lowest BCUT2D eigenvalue weighted by Crippen LogP contribution is -2.30. The van der Waals surface area contributed by atoms with Crippen molar-refractivity contribution in [2.45, 2.75) is 58.8 Å². The first-order valence-electron chi connectivity index (χ1n) is 7.97. The molecule has 0 aromatic heterocycles. The van der Waals surface area contributed by atoms with E-state index in [1.54, 1.807) is 7.11 Å². The van der Waals surface area contributed by atoms with Crippen molar-refractivity contribution in [3.05, 3.63) is 0 Å². The van der Waals surface area contributed by atoms with Gasteiger partial charge in [-0.15, -0.1) is 0 Å². The summed E-state index contributed by atoms with van der Waals surface area (Å²) in [5.74, 6) is 2.77. The Kier molecular flexibility index (Phi) is 8.70. The van der Waals surface area contributed by atoms with E-state index in [1.165, 1.54) is 51.5 Å². The molecule has 0 radical (unpaired) electrons. The van der Waals surface area contributed by atoms with Gasteiger partial charge in [0.25, 0.3) is 0 Å². The number of nitrogens with one attached hydrogen (secondary N) is 1. The van der Waals surface area contributed by atoms with Gasteiger partial charge in [0.05, 0.1) is 6.61 Å². The Bertz CT molecular complexity index is 190. The molecular weight excluding hydrogens is 222 g/mol. The second-order valence-corrected chi connectivity index (χ2v) is 6.13.